The molecule has 52 heavy (non-hydrogen) atoms. The fourth-order valence-electron chi connectivity index (χ4n) is 14.3. The Labute approximate surface area is 313 Å². The Kier molecular flexibility index (Phi) is 9.42. The molecule has 288 valence electrons. The maximum atomic E-state index is 12.0. The van der Waals surface area contributed by atoms with E-state index in [0.717, 1.165) is 64.3 Å². The molecule has 7 nitrogen and oxygen atoms in total. The van der Waals surface area contributed by atoms with Crippen LogP contribution in [0.5, 0.6) is 0 Å². The van der Waals surface area contributed by atoms with Crippen LogP contribution in [0, 0.1) is 44.8 Å². The number of carbonyl (C=O) groups is 1. The van der Waals surface area contributed by atoms with Gasteiger partial charge in [-0.2, -0.15) is 0 Å². The summed E-state index contributed by atoms with van der Waals surface area (Å²) < 4.78 is 26.0. The van der Waals surface area contributed by atoms with E-state index in [9.17, 15) is 9.90 Å². The lowest BCUT2D eigenvalue weighted by Crippen LogP contribution is -2.58. The van der Waals surface area contributed by atoms with Crippen LogP contribution in [-0.4, -0.2) is 78.5 Å². The summed E-state index contributed by atoms with van der Waals surface area (Å²) in [6, 6.07) is 0. The zero-order valence-corrected chi connectivity index (χ0v) is 33.2. The van der Waals surface area contributed by atoms with E-state index >= 15 is 0 Å². The van der Waals surface area contributed by atoms with Gasteiger partial charge in [-0.15, -0.1) is 0 Å². The van der Waals surface area contributed by atoms with Crippen molar-refractivity contribution in [3.8, 4) is 0 Å². The second kappa shape index (κ2) is 13.2. The molecule has 12 atom stereocenters. The smallest absolute Gasteiger partial charge is 0.303 e. The van der Waals surface area contributed by atoms with Crippen molar-refractivity contribution in [3.05, 3.63) is 48.1 Å². The summed E-state index contributed by atoms with van der Waals surface area (Å²) in [7, 11) is 0. The Balaban J connectivity index is 0.934. The lowest BCUT2D eigenvalue weighted by molar-refractivity contribution is -0.247. The van der Waals surface area contributed by atoms with Gasteiger partial charge in [-0.3, -0.25) is 9.69 Å². The molecule has 2 aliphatic heterocycles. The molecule has 7 fully saturated rings. The summed E-state index contributed by atoms with van der Waals surface area (Å²) >= 11 is 0. The van der Waals surface area contributed by atoms with Crippen molar-refractivity contribution in [2.24, 2.45) is 44.8 Å². The van der Waals surface area contributed by atoms with E-state index in [0.29, 0.717) is 22.7 Å². The van der Waals surface area contributed by atoms with Crippen molar-refractivity contribution < 1.29 is 28.8 Å². The third-order valence-electron chi connectivity index (χ3n) is 16.9. The van der Waals surface area contributed by atoms with Crippen LogP contribution in [0.2, 0.25) is 0 Å². The molecule has 2 spiro atoms. The second-order valence-corrected chi connectivity index (χ2v) is 20.0. The summed E-state index contributed by atoms with van der Waals surface area (Å²) in [4.78, 5) is 14.6. The highest BCUT2D eigenvalue weighted by molar-refractivity contribution is 5.66. The van der Waals surface area contributed by atoms with Gasteiger partial charge in [-0.05, 0) is 135 Å². The van der Waals surface area contributed by atoms with E-state index in [1.54, 1.807) is 13.8 Å². The quantitative estimate of drug-likeness (QED) is 0.253. The van der Waals surface area contributed by atoms with Crippen molar-refractivity contribution in [1.29, 1.82) is 0 Å². The minimum absolute atomic E-state index is 0.108. The van der Waals surface area contributed by atoms with Gasteiger partial charge in [0.15, 0.2) is 12.4 Å². The van der Waals surface area contributed by atoms with E-state index in [1.807, 2.05) is 0 Å². The first-order valence-electron chi connectivity index (χ1n) is 20.9. The molecule has 0 aromatic rings. The average molecular weight is 718 g/mol. The minimum Gasteiger partial charge on any atom is -0.457 e. The molecule has 12 unspecified atom stereocenters. The number of carbonyl (C=O) groups excluding carboxylic acids is 1. The van der Waals surface area contributed by atoms with Gasteiger partial charge in [0, 0.05) is 26.6 Å². The van der Waals surface area contributed by atoms with Gasteiger partial charge in [0.25, 0.3) is 0 Å². The molecule has 8 rings (SSSR count). The molecule has 0 bridgehead atoms. The number of esters is 1. The highest BCUT2D eigenvalue weighted by atomic mass is 16.7. The standard InChI is InChI=1S/C45H67NO6/c1-30(47)50-39(41(4,5)48)33-16-15-32-34(51-33)27-43(7)36-18-17-35-40(2,3)37(19-21-44(35)29-45(36,44)23-22-42(32,43)6)52-38-28-46(25-26-49-38)24-20-31-13-11-9-8-10-12-14-31/h8-14,32-39,48H,15-29H2,1-7H3. The van der Waals surface area contributed by atoms with Crippen molar-refractivity contribution in [3.63, 3.8) is 0 Å². The predicted octanol–water partition coefficient (Wildman–Crippen LogP) is 8.33. The number of hydrogen-bond donors (Lipinski definition) is 1. The van der Waals surface area contributed by atoms with Gasteiger partial charge in [-0.1, -0.05) is 70.2 Å². The third kappa shape index (κ3) is 5.88. The minimum atomic E-state index is -1.15. The van der Waals surface area contributed by atoms with Crippen LogP contribution in [0.25, 0.3) is 0 Å². The van der Waals surface area contributed by atoms with Crippen molar-refractivity contribution in [2.75, 3.05) is 26.2 Å². The fourth-order valence-corrected chi connectivity index (χ4v) is 14.3. The highest BCUT2D eigenvalue weighted by Crippen LogP contribution is 2.89. The number of allylic oxidation sites excluding steroid dienone is 7. The highest BCUT2D eigenvalue weighted by Gasteiger charge is 2.83. The lowest BCUT2D eigenvalue weighted by atomic mass is 9.42. The van der Waals surface area contributed by atoms with Gasteiger partial charge >= 0.3 is 5.97 Å². The molecule has 5 saturated carbocycles. The summed E-state index contributed by atoms with van der Waals surface area (Å²) in [6.07, 6.45) is 27.4. The molecular formula is C45H67NO6. The van der Waals surface area contributed by atoms with Crippen LogP contribution in [-0.2, 0) is 23.7 Å². The van der Waals surface area contributed by atoms with Crippen LogP contribution in [0.15, 0.2) is 48.1 Å². The Morgan fingerprint density at radius 3 is 2.50 bits per heavy atom. The van der Waals surface area contributed by atoms with E-state index in [1.165, 1.54) is 51.0 Å². The van der Waals surface area contributed by atoms with Gasteiger partial charge in [-0.25, -0.2) is 0 Å². The van der Waals surface area contributed by atoms with E-state index in [4.69, 9.17) is 18.9 Å². The first-order chi connectivity index (χ1) is 24.6. The SMILES string of the molecule is CC(=O)OC(C1CCC2C(CC3(C)C4CCC5C(C)(C)C(OC6CN(CCC7=CC=CC=CC=C7)CCO6)CCC56CC46CCC23C)O1)C(C)(C)O. The zero-order chi connectivity index (χ0) is 36.7. The molecule has 1 N–H and O–H groups in total. The van der Waals surface area contributed by atoms with Crippen LogP contribution in [0.3, 0.4) is 0 Å². The van der Waals surface area contributed by atoms with Gasteiger partial charge in [0.2, 0.25) is 0 Å². The van der Waals surface area contributed by atoms with Crippen LogP contribution in [0.4, 0.5) is 0 Å². The molecule has 7 heteroatoms. The summed E-state index contributed by atoms with van der Waals surface area (Å²) in [5.74, 6) is 1.57. The molecule has 0 amide bonds. The number of morpholine rings is 1. The molecule has 8 aliphatic rings. The van der Waals surface area contributed by atoms with Gasteiger partial charge in [0.05, 0.1) is 30.5 Å². The Morgan fingerprint density at radius 1 is 0.962 bits per heavy atom. The van der Waals surface area contributed by atoms with Gasteiger partial charge in [0.1, 0.15) is 0 Å². The summed E-state index contributed by atoms with van der Waals surface area (Å²) in [5, 5.41) is 11.0. The summed E-state index contributed by atoms with van der Waals surface area (Å²) in [5.41, 5.74) is 1.67. The van der Waals surface area contributed by atoms with Crippen molar-refractivity contribution >= 4 is 5.97 Å². The van der Waals surface area contributed by atoms with Gasteiger partial charge < -0.3 is 24.1 Å². The molecule has 0 aromatic heterocycles. The third-order valence-corrected chi connectivity index (χ3v) is 16.9. The Hall–Kier alpha value is -1.77. The first-order valence-corrected chi connectivity index (χ1v) is 20.9. The average Bonchev–Trinajstić information content (AvgIpc) is 3.67. The van der Waals surface area contributed by atoms with Crippen molar-refractivity contribution in [1.82, 2.24) is 4.90 Å². The number of fused-ring (bicyclic) bond motifs is 4. The maximum Gasteiger partial charge on any atom is 0.303 e. The fraction of sp³-hybridized carbons (Fsp3) is 0.800. The normalized spacial score (nSPS) is 45.6. The number of aliphatic hydroxyl groups is 1. The Bertz CT molecular complexity index is 1510. The van der Waals surface area contributed by atoms with E-state index in [-0.39, 0.29) is 46.8 Å². The largest absolute Gasteiger partial charge is 0.457 e. The molecule has 2 saturated heterocycles. The lowest BCUT2D eigenvalue weighted by Gasteiger charge is -2.63. The van der Waals surface area contributed by atoms with E-state index in [2.05, 4.69) is 75.1 Å². The maximum absolute atomic E-state index is 12.0. The second-order valence-electron chi connectivity index (χ2n) is 20.0. The van der Waals surface area contributed by atoms with Crippen molar-refractivity contribution in [2.45, 2.75) is 155 Å². The molecule has 0 aromatic carbocycles. The predicted molar refractivity (Wildman–Crippen MR) is 203 cm³/mol. The molecule has 6 aliphatic carbocycles. The molecule has 2 heterocycles. The Morgan fingerprint density at radius 2 is 1.71 bits per heavy atom. The topological polar surface area (TPSA) is 77.5 Å². The van der Waals surface area contributed by atoms with Crippen LogP contribution >= 0.6 is 0 Å². The molecule has 0 radical (unpaired) electrons. The van der Waals surface area contributed by atoms with Crippen LogP contribution in [0.1, 0.15) is 119 Å². The number of rotatable bonds is 8. The summed E-state index contributed by atoms with van der Waals surface area (Å²) in [6.45, 7) is 18.8. The van der Waals surface area contributed by atoms with E-state index < -0.39 is 11.7 Å². The number of nitrogens with zero attached hydrogens (tertiary/aromatic N) is 1. The number of ether oxygens (including phenoxy) is 4. The zero-order valence-electron chi connectivity index (χ0n) is 33.2. The monoisotopic (exact) mass is 717 g/mol. The first kappa shape index (κ1) is 37.2. The number of hydrogen-bond acceptors (Lipinski definition) is 7. The molecular weight excluding hydrogens is 650 g/mol. The van der Waals surface area contributed by atoms with Crippen LogP contribution < -0.4 is 0 Å².